The zero-order valence-electron chi connectivity index (χ0n) is 68.9. The standard InChI is InChI=1S/C86H168O17P2/c1-6-9-12-15-18-21-24-27-30-32-34-36-37-39-41-43-46-49-52-55-62-67-72-85(90)102-81(75-96-83(88)69-64-59-53-50-47-45-42-40-38-35-33-31-28-25-22-19-16-13-10-7-2)77-100-104(92,93)98-73-80(87)74-99-105(94,95)101-78-82(76-97-84(89)70-65-60-57-56-58-63-68-79(4)5)103-86(91)71-66-61-54-51-48-44-29-26-23-20-17-14-11-8-3/h79-82,87H,6-78H2,1-5H3,(H,92,93)(H,94,95)/t80-,81-,82-/m1/s1. The van der Waals surface area contributed by atoms with Crippen molar-refractivity contribution in [1.82, 2.24) is 0 Å². The normalized spacial score (nSPS) is 13.8. The Hall–Kier alpha value is -1.94. The summed E-state index contributed by atoms with van der Waals surface area (Å²) in [6.45, 7) is 7.27. The van der Waals surface area contributed by atoms with Crippen LogP contribution >= 0.6 is 15.6 Å². The molecule has 0 saturated heterocycles. The van der Waals surface area contributed by atoms with Crippen LogP contribution in [0.25, 0.3) is 0 Å². The van der Waals surface area contributed by atoms with Crippen LogP contribution in [-0.2, 0) is 65.4 Å². The summed E-state index contributed by atoms with van der Waals surface area (Å²) in [6.07, 6.45) is 72.6. The quantitative estimate of drug-likeness (QED) is 0.0222. The minimum Gasteiger partial charge on any atom is -0.462 e. The summed E-state index contributed by atoms with van der Waals surface area (Å²) in [5.41, 5.74) is 0. The average molecular weight is 1540 g/mol. The van der Waals surface area contributed by atoms with Crippen molar-refractivity contribution in [1.29, 1.82) is 0 Å². The number of phosphoric acid groups is 2. The molecule has 0 rings (SSSR count). The maximum absolute atomic E-state index is 13.1. The van der Waals surface area contributed by atoms with Crippen molar-refractivity contribution < 1.29 is 80.2 Å². The number of carbonyl (C=O) groups is 4. The second-order valence-corrected chi connectivity index (χ2v) is 34.3. The third-order valence-corrected chi connectivity index (χ3v) is 22.2. The molecule has 19 heteroatoms. The maximum Gasteiger partial charge on any atom is 0.472 e. The number of hydrogen-bond donors (Lipinski definition) is 3. The summed E-state index contributed by atoms with van der Waals surface area (Å²) >= 11 is 0. The van der Waals surface area contributed by atoms with E-state index in [9.17, 15) is 43.2 Å². The highest BCUT2D eigenvalue weighted by atomic mass is 31.2. The zero-order chi connectivity index (χ0) is 76.9. The van der Waals surface area contributed by atoms with Crippen LogP contribution in [0.15, 0.2) is 0 Å². The Morgan fingerprint density at radius 2 is 0.438 bits per heavy atom. The van der Waals surface area contributed by atoms with E-state index in [1.165, 1.54) is 283 Å². The van der Waals surface area contributed by atoms with Crippen LogP contribution in [0.4, 0.5) is 0 Å². The van der Waals surface area contributed by atoms with Gasteiger partial charge in [0.2, 0.25) is 0 Å². The Balaban J connectivity index is 5.19. The zero-order valence-corrected chi connectivity index (χ0v) is 70.7. The van der Waals surface area contributed by atoms with E-state index in [-0.39, 0.29) is 25.7 Å². The Morgan fingerprint density at radius 1 is 0.257 bits per heavy atom. The fourth-order valence-corrected chi connectivity index (χ4v) is 15.1. The first kappa shape index (κ1) is 103. The van der Waals surface area contributed by atoms with Gasteiger partial charge in [-0.1, -0.05) is 413 Å². The van der Waals surface area contributed by atoms with E-state index in [0.717, 1.165) is 96.3 Å². The summed E-state index contributed by atoms with van der Waals surface area (Å²) in [7, 11) is -9.92. The molecule has 5 atom stereocenters. The smallest absolute Gasteiger partial charge is 0.462 e. The maximum atomic E-state index is 13.1. The minimum atomic E-state index is -4.97. The molecule has 0 radical (unpaired) electrons. The van der Waals surface area contributed by atoms with E-state index in [1.54, 1.807) is 0 Å². The molecule has 0 aliphatic heterocycles. The summed E-state index contributed by atoms with van der Waals surface area (Å²) in [6, 6.07) is 0. The molecule has 624 valence electrons. The molecule has 0 spiro atoms. The SMILES string of the molecule is CCCCCCCCCCCCCCCCCCCCCCCCC(=O)O[C@H](COC(=O)CCCCCCCCCCCCCCCCCCCCCC)COP(=O)(O)OC[C@@H](O)COP(=O)(O)OC[C@@H](COC(=O)CCCCCCCCC(C)C)OC(=O)CCCCCCCCCCCCCCCC. The Labute approximate surface area is 645 Å². The second-order valence-electron chi connectivity index (χ2n) is 31.4. The molecule has 0 aliphatic rings. The largest absolute Gasteiger partial charge is 0.472 e. The monoisotopic (exact) mass is 1540 g/mol. The van der Waals surface area contributed by atoms with Gasteiger partial charge in [-0.25, -0.2) is 9.13 Å². The van der Waals surface area contributed by atoms with Gasteiger partial charge in [0.05, 0.1) is 26.4 Å². The van der Waals surface area contributed by atoms with Crippen LogP contribution in [-0.4, -0.2) is 96.7 Å². The second kappa shape index (κ2) is 78.7. The number of unbranched alkanes of at least 4 members (excludes halogenated alkanes) is 58. The summed E-state index contributed by atoms with van der Waals surface area (Å²) in [4.78, 5) is 73.1. The Morgan fingerprint density at radius 3 is 0.648 bits per heavy atom. The predicted molar refractivity (Wildman–Crippen MR) is 432 cm³/mol. The summed E-state index contributed by atoms with van der Waals surface area (Å²) in [5, 5.41) is 10.7. The highest BCUT2D eigenvalue weighted by molar-refractivity contribution is 7.47. The molecule has 0 saturated carbocycles. The van der Waals surface area contributed by atoms with Gasteiger partial charge in [-0.05, 0) is 31.6 Å². The molecular weight excluding hydrogens is 1370 g/mol. The fourth-order valence-electron chi connectivity index (χ4n) is 13.5. The summed E-state index contributed by atoms with van der Waals surface area (Å²) in [5.74, 6) is -1.42. The third-order valence-electron chi connectivity index (χ3n) is 20.3. The highest BCUT2D eigenvalue weighted by Crippen LogP contribution is 2.45. The van der Waals surface area contributed by atoms with Gasteiger partial charge in [0.15, 0.2) is 12.2 Å². The topological polar surface area (TPSA) is 237 Å². The molecular formula is C86H168O17P2. The van der Waals surface area contributed by atoms with Gasteiger partial charge in [-0.2, -0.15) is 0 Å². The van der Waals surface area contributed by atoms with Crippen molar-refractivity contribution in [3.63, 3.8) is 0 Å². The fraction of sp³-hybridized carbons (Fsp3) is 0.953. The Bertz CT molecular complexity index is 2000. The van der Waals surface area contributed by atoms with Crippen molar-refractivity contribution in [2.45, 2.75) is 483 Å². The van der Waals surface area contributed by atoms with Crippen LogP contribution in [0.2, 0.25) is 0 Å². The van der Waals surface area contributed by atoms with Crippen LogP contribution in [0, 0.1) is 5.92 Å². The van der Waals surface area contributed by atoms with Gasteiger partial charge < -0.3 is 33.8 Å². The number of carbonyl (C=O) groups excluding carboxylic acids is 4. The number of aliphatic hydroxyl groups is 1. The number of esters is 4. The molecule has 17 nitrogen and oxygen atoms in total. The van der Waals surface area contributed by atoms with Crippen LogP contribution in [0.5, 0.6) is 0 Å². The molecule has 2 unspecified atom stereocenters. The molecule has 0 amide bonds. The lowest BCUT2D eigenvalue weighted by molar-refractivity contribution is -0.161. The molecule has 105 heavy (non-hydrogen) atoms. The van der Waals surface area contributed by atoms with Gasteiger partial charge in [0.25, 0.3) is 0 Å². The van der Waals surface area contributed by atoms with E-state index in [4.69, 9.17) is 37.0 Å². The number of aliphatic hydroxyl groups excluding tert-OH is 1. The molecule has 0 bridgehead atoms. The molecule has 3 N–H and O–H groups in total. The van der Waals surface area contributed by atoms with E-state index in [1.807, 2.05) is 0 Å². The third kappa shape index (κ3) is 79.9. The Kier molecular flexibility index (Phi) is 77.3. The highest BCUT2D eigenvalue weighted by Gasteiger charge is 2.30. The lowest BCUT2D eigenvalue weighted by Gasteiger charge is -2.21. The molecule has 0 fully saturated rings. The molecule has 0 aromatic rings. The van der Waals surface area contributed by atoms with E-state index < -0.39 is 97.5 Å². The number of rotatable bonds is 86. The molecule has 0 aromatic heterocycles. The van der Waals surface area contributed by atoms with Gasteiger partial charge in [0, 0.05) is 25.7 Å². The van der Waals surface area contributed by atoms with Gasteiger partial charge in [0.1, 0.15) is 19.3 Å². The van der Waals surface area contributed by atoms with Crippen molar-refractivity contribution in [3.8, 4) is 0 Å². The van der Waals surface area contributed by atoms with Gasteiger partial charge in [-0.3, -0.25) is 37.3 Å². The average Bonchev–Trinajstić information content (AvgIpc) is 0.914. The number of hydrogen-bond acceptors (Lipinski definition) is 15. The van der Waals surface area contributed by atoms with Crippen LogP contribution in [0.1, 0.15) is 465 Å². The van der Waals surface area contributed by atoms with Gasteiger partial charge >= 0.3 is 39.5 Å². The van der Waals surface area contributed by atoms with Crippen molar-refractivity contribution in [3.05, 3.63) is 0 Å². The first-order valence-corrected chi connectivity index (χ1v) is 47.6. The van der Waals surface area contributed by atoms with Crippen molar-refractivity contribution in [2.24, 2.45) is 5.92 Å². The van der Waals surface area contributed by atoms with Crippen LogP contribution < -0.4 is 0 Å². The van der Waals surface area contributed by atoms with E-state index in [0.29, 0.717) is 31.6 Å². The lowest BCUT2D eigenvalue weighted by atomic mass is 10.0. The predicted octanol–water partition coefficient (Wildman–Crippen LogP) is 26.4. The molecule has 0 heterocycles. The van der Waals surface area contributed by atoms with Crippen molar-refractivity contribution in [2.75, 3.05) is 39.6 Å². The summed E-state index contributed by atoms with van der Waals surface area (Å²) < 4.78 is 68.8. The molecule has 0 aromatic carbocycles. The van der Waals surface area contributed by atoms with E-state index in [2.05, 4.69) is 34.6 Å². The lowest BCUT2D eigenvalue weighted by Crippen LogP contribution is -2.30. The van der Waals surface area contributed by atoms with E-state index >= 15 is 0 Å². The van der Waals surface area contributed by atoms with Crippen LogP contribution in [0.3, 0.4) is 0 Å². The first-order valence-electron chi connectivity index (χ1n) is 44.6. The number of ether oxygens (including phenoxy) is 4. The van der Waals surface area contributed by atoms with Gasteiger partial charge in [-0.15, -0.1) is 0 Å². The first-order chi connectivity index (χ1) is 51.0. The van der Waals surface area contributed by atoms with Crippen molar-refractivity contribution >= 4 is 39.5 Å². The number of phosphoric ester groups is 2. The molecule has 0 aliphatic carbocycles. The minimum absolute atomic E-state index is 0.107.